The second-order valence-electron chi connectivity index (χ2n) is 5.99. The number of benzene rings is 1. The van der Waals surface area contributed by atoms with Crippen LogP contribution in [0.5, 0.6) is 0 Å². The number of aromatic nitrogens is 3. The maximum atomic E-state index is 12.0. The summed E-state index contributed by atoms with van der Waals surface area (Å²) in [6.07, 6.45) is 3.12. The van der Waals surface area contributed by atoms with Crippen LogP contribution in [0.3, 0.4) is 0 Å². The summed E-state index contributed by atoms with van der Waals surface area (Å²) < 4.78 is 1.95. The molecule has 2 heterocycles. The van der Waals surface area contributed by atoms with Crippen LogP contribution in [-0.2, 0) is 11.2 Å². The van der Waals surface area contributed by atoms with Gasteiger partial charge in [0.05, 0.1) is 0 Å². The van der Waals surface area contributed by atoms with Gasteiger partial charge in [0.25, 0.3) is 0 Å². The smallest absolute Gasteiger partial charge is 0.220 e. The van der Waals surface area contributed by atoms with E-state index in [-0.39, 0.29) is 5.91 Å². The number of amides is 1. The molecule has 0 aliphatic carbocycles. The summed E-state index contributed by atoms with van der Waals surface area (Å²) in [7, 11) is 0. The zero-order valence-electron chi connectivity index (χ0n) is 14.5. The number of rotatable bonds is 7. The molecule has 0 spiro atoms. The van der Waals surface area contributed by atoms with Crippen LogP contribution in [0.2, 0.25) is 0 Å². The molecule has 6 heteroatoms. The Morgan fingerprint density at radius 3 is 2.88 bits per heavy atom. The van der Waals surface area contributed by atoms with Gasteiger partial charge in [0, 0.05) is 36.2 Å². The van der Waals surface area contributed by atoms with Crippen molar-refractivity contribution in [2.75, 3.05) is 12.3 Å². The van der Waals surface area contributed by atoms with Crippen molar-refractivity contribution in [1.29, 1.82) is 0 Å². The van der Waals surface area contributed by atoms with Crippen molar-refractivity contribution < 1.29 is 4.79 Å². The van der Waals surface area contributed by atoms with Crippen molar-refractivity contribution in [2.45, 2.75) is 31.6 Å². The van der Waals surface area contributed by atoms with Crippen molar-refractivity contribution in [3.8, 4) is 0 Å². The first-order valence-electron chi connectivity index (χ1n) is 8.39. The van der Waals surface area contributed by atoms with Crippen molar-refractivity contribution in [3.05, 3.63) is 59.5 Å². The maximum Gasteiger partial charge on any atom is 0.220 e. The zero-order chi connectivity index (χ0) is 17.6. The van der Waals surface area contributed by atoms with E-state index >= 15 is 0 Å². The number of aryl methyl sites for hydroxylation is 2. The molecule has 0 fully saturated rings. The van der Waals surface area contributed by atoms with Gasteiger partial charge in [0.15, 0.2) is 5.65 Å². The third kappa shape index (κ3) is 4.60. The van der Waals surface area contributed by atoms with Crippen LogP contribution in [0.25, 0.3) is 5.65 Å². The average Bonchev–Trinajstić information content (AvgIpc) is 3.01. The van der Waals surface area contributed by atoms with Crippen molar-refractivity contribution in [1.82, 2.24) is 19.9 Å². The lowest BCUT2D eigenvalue weighted by atomic mass is 10.1. The van der Waals surface area contributed by atoms with Crippen molar-refractivity contribution in [3.63, 3.8) is 0 Å². The predicted octanol–water partition coefficient (Wildman–Crippen LogP) is 3.19. The van der Waals surface area contributed by atoms with Crippen LogP contribution in [-0.4, -0.2) is 32.8 Å². The van der Waals surface area contributed by atoms with Gasteiger partial charge in [-0.15, -0.1) is 22.0 Å². The van der Waals surface area contributed by atoms with E-state index in [1.807, 2.05) is 28.8 Å². The first-order valence-corrected chi connectivity index (χ1v) is 9.37. The van der Waals surface area contributed by atoms with Gasteiger partial charge in [-0.1, -0.05) is 12.1 Å². The fourth-order valence-electron chi connectivity index (χ4n) is 2.53. The molecule has 0 saturated heterocycles. The third-order valence-corrected chi connectivity index (χ3v) is 5.13. The largest absolute Gasteiger partial charge is 0.356 e. The number of thioether (sulfide) groups is 1. The van der Waals surface area contributed by atoms with E-state index in [0.717, 1.165) is 17.2 Å². The molecule has 0 unspecified atom stereocenters. The third-order valence-electron chi connectivity index (χ3n) is 4.13. The molecule has 0 saturated carbocycles. The Kier molecular flexibility index (Phi) is 5.71. The van der Waals surface area contributed by atoms with E-state index in [9.17, 15) is 4.79 Å². The first kappa shape index (κ1) is 17.5. The lowest BCUT2D eigenvalue weighted by Crippen LogP contribution is -2.26. The average molecular weight is 354 g/mol. The SMILES string of the molecule is Cc1ccc(SCCC(=O)NCCc2nnc3ccccn23)cc1C. The topological polar surface area (TPSA) is 59.3 Å². The number of carbonyl (C=O) groups is 1. The molecule has 0 bridgehead atoms. The molecule has 0 radical (unpaired) electrons. The Bertz CT molecular complexity index is 875. The fraction of sp³-hybridized carbons (Fsp3) is 0.316. The van der Waals surface area contributed by atoms with Gasteiger partial charge in [0.1, 0.15) is 5.82 Å². The summed E-state index contributed by atoms with van der Waals surface area (Å²) >= 11 is 1.72. The number of carbonyl (C=O) groups excluding carboxylic acids is 1. The molecule has 130 valence electrons. The number of nitrogens with zero attached hydrogens (tertiary/aromatic N) is 3. The van der Waals surface area contributed by atoms with Crippen LogP contribution in [0.1, 0.15) is 23.4 Å². The van der Waals surface area contributed by atoms with Crippen molar-refractivity contribution >= 4 is 23.3 Å². The molecule has 1 aromatic carbocycles. The summed E-state index contributed by atoms with van der Waals surface area (Å²) in [4.78, 5) is 13.2. The highest BCUT2D eigenvalue weighted by atomic mass is 32.2. The van der Waals surface area contributed by atoms with E-state index in [1.54, 1.807) is 11.8 Å². The highest BCUT2D eigenvalue weighted by Crippen LogP contribution is 2.21. The maximum absolute atomic E-state index is 12.0. The predicted molar refractivity (Wildman–Crippen MR) is 101 cm³/mol. The van der Waals surface area contributed by atoms with E-state index in [4.69, 9.17) is 0 Å². The van der Waals surface area contributed by atoms with Crippen LogP contribution >= 0.6 is 11.8 Å². The number of hydrogen-bond donors (Lipinski definition) is 1. The Morgan fingerprint density at radius 1 is 1.16 bits per heavy atom. The van der Waals surface area contributed by atoms with Gasteiger partial charge in [-0.2, -0.15) is 0 Å². The minimum Gasteiger partial charge on any atom is -0.356 e. The van der Waals surface area contributed by atoms with Gasteiger partial charge >= 0.3 is 0 Å². The van der Waals surface area contributed by atoms with E-state index in [2.05, 4.69) is 47.6 Å². The monoisotopic (exact) mass is 354 g/mol. The minimum absolute atomic E-state index is 0.0742. The van der Waals surface area contributed by atoms with Crippen molar-refractivity contribution in [2.24, 2.45) is 0 Å². The Hall–Kier alpha value is -2.34. The quantitative estimate of drug-likeness (QED) is 0.662. The Labute approximate surface area is 151 Å². The fourth-order valence-corrected chi connectivity index (χ4v) is 3.48. The molecule has 25 heavy (non-hydrogen) atoms. The van der Waals surface area contributed by atoms with Gasteiger partial charge < -0.3 is 5.32 Å². The summed E-state index contributed by atoms with van der Waals surface area (Å²) in [5.41, 5.74) is 3.41. The summed E-state index contributed by atoms with van der Waals surface area (Å²) in [5, 5.41) is 11.2. The number of fused-ring (bicyclic) bond motifs is 1. The zero-order valence-corrected chi connectivity index (χ0v) is 15.3. The Balaban J connectivity index is 1.40. The van der Waals surface area contributed by atoms with Crippen LogP contribution in [0.15, 0.2) is 47.5 Å². The molecule has 3 aromatic rings. The summed E-state index contributed by atoms with van der Waals surface area (Å²) in [6.45, 7) is 4.79. The second kappa shape index (κ2) is 8.16. The van der Waals surface area contributed by atoms with E-state index < -0.39 is 0 Å². The number of nitrogens with one attached hydrogen (secondary N) is 1. The molecule has 2 aromatic heterocycles. The molecule has 0 atom stereocenters. The van der Waals surface area contributed by atoms with Crippen LogP contribution in [0.4, 0.5) is 0 Å². The molecular weight excluding hydrogens is 332 g/mol. The lowest BCUT2D eigenvalue weighted by Gasteiger charge is -2.06. The lowest BCUT2D eigenvalue weighted by molar-refractivity contribution is -0.120. The molecule has 1 amide bonds. The van der Waals surface area contributed by atoms with Gasteiger partial charge in [-0.05, 0) is 49.2 Å². The number of hydrogen-bond acceptors (Lipinski definition) is 4. The minimum atomic E-state index is 0.0742. The van der Waals surface area contributed by atoms with E-state index in [1.165, 1.54) is 16.0 Å². The second-order valence-corrected chi connectivity index (χ2v) is 7.16. The standard InChI is InChI=1S/C19H22N4OS/c1-14-6-7-16(13-15(14)2)25-12-9-19(24)20-10-8-18-22-21-17-5-3-4-11-23(17)18/h3-7,11,13H,8-10,12H2,1-2H3,(H,20,24). The van der Waals surface area contributed by atoms with Gasteiger partial charge in [0.2, 0.25) is 5.91 Å². The summed E-state index contributed by atoms with van der Waals surface area (Å²) in [6, 6.07) is 12.2. The van der Waals surface area contributed by atoms with Crippen LogP contribution < -0.4 is 5.32 Å². The highest BCUT2D eigenvalue weighted by Gasteiger charge is 2.06. The molecular formula is C19H22N4OS. The molecule has 3 rings (SSSR count). The normalized spacial score (nSPS) is 11.0. The van der Waals surface area contributed by atoms with Gasteiger partial charge in [-0.25, -0.2) is 0 Å². The highest BCUT2D eigenvalue weighted by molar-refractivity contribution is 7.99. The van der Waals surface area contributed by atoms with Crippen LogP contribution in [0, 0.1) is 13.8 Å². The van der Waals surface area contributed by atoms with Gasteiger partial charge in [-0.3, -0.25) is 9.20 Å². The first-order chi connectivity index (χ1) is 12.1. The molecule has 0 aliphatic heterocycles. The molecule has 5 nitrogen and oxygen atoms in total. The Morgan fingerprint density at radius 2 is 2.04 bits per heavy atom. The molecule has 0 aliphatic rings. The van der Waals surface area contributed by atoms with E-state index in [0.29, 0.717) is 19.4 Å². The summed E-state index contributed by atoms with van der Waals surface area (Å²) in [5.74, 6) is 1.72. The molecule has 1 N–H and O–H groups in total. The number of pyridine rings is 1.